The summed E-state index contributed by atoms with van der Waals surface area (Å²) >= 11 is 0. The molecular weight excluding hydrogens is 258 g/mol. The molecule has 1 aliphatic carbocycles. The zero-order valence-electron chi connectivity index (χ0n) is 11.7. The summed E-state index contributed by atoms with van der Waals surface area (Å²) in [5.41, 5.74) is -0.656. The van der Waals surface area contributed by atoms with Crippen LogP contribution >= 0.6 is 0 Å². The highest BCUT2D eigenvalue weighted by Crippen LogP contribution is 2.48. The lowest BCUT2D eigenvalue weighted by Crippen LogP contribution is -2.49. The minimum Gasteiger partial charge on any atom is -0.469 e. The summed E-state index contributed by atoms with van der Waals surface area (Å²) in [6, 6.07) is 0. The lowest BCUT2D eigenvalue weighted by Gasteiger charge is -2.45. The van der Waals surface area contributed by atoms with E-state index >= 15 is 0 Å². The largest absolute Gasteiger partial charge is 0.583 e. The van der Waals surface area contributed by atoms with Crippen molar-refractivity contribution in [1.82, 2.24) is 0 Å². The Labute approximate surface area is 108 Å². The Morgan fingerprint density at radius 1 is 1.44 bits per heavy atom. The minimum atomic E-state index is -4.71. The van der Waals surface area contributed by atoms with Crippen molar-refractivity contribution < 1.29 is 22.2 Å². The quantitative estimate of drug-likeness (QED) is 0.450. The van der Waals surface area contributed by atoms with Crippen LogP contribution in [0.15, 0.2) is 0 Å². The number of carbonyl (C=O) groups is 1. The Bertz CT molecular complexity index is 328. The van der Waals surface area contributed by atoms with Crippen LogP contribution in [0, 0.1) is 11.3 Å². The van der Waals surface area contributed by atoms with E-state index in [9.17, 15) is 13.0 Å². The first-order valence-corrected chi connectivity index (χ1v) is 7.81. The second-order valence-corrected chi connectivity index (χ2v) is 9.04. The smallest absolute Gasteiger partial charge is 0.469 e. The molecule has 1 fully saturated rings. The van der Waals surface area contributed by atoms with Gasteiger partial charge in [0, 0.05) is 11.6 Å². The monoisotopic (exact) mass is 280 g/mol. The maximum Gasteiger partial charge on any atom is 0.583 e. The Kier molecular flexibility index (Phi) is 4.22. The molecule has 0 bridgehead atoms. The number of rotatable bonds is 4. The topological polar surface area (TPSA) is 35.5 Å². The summed E-state index contributed by atoms with van der Waals surface area (Å²) in [5, 5.41) is -1.11. The van der Waals surface area contributed by atoms with Crippen LogP contribution in [0.3, 0.4) is 0 Å². The third-order valence-corrected chi connectivity index (χ3v) is 6.18. The second kappa shape index (κ2) is 4.88. The van der Waals surface area contributed by atoms with Crippen molar-refractivity contribution in [3.8, 4) is 0 Å². The number of hydrogen-bond acceptors (Lipinski definition) is 3. The first-order valence-electron chi connectivity index (χ1n) is 6.15. The van der Waals surface area contributed by atoms with Crippen molar-refractivity contribution >= 4 is 15.0 Å². The van der Waals surface area contributed by atoms with Crippen molar-refractivity contribution in [1.29, 1.82) is 0 Å². The van der Waals surface area contributed by atoms with E-state index in [4.69, 9.17) is 9.16 Å². The molecule has 0 radical (unpaired) electrons. The fourth-order valence-corrected chi connectivity index (χ4v) is 2.82. The average Bonchev–Trinajstić information content (AvgIpc) is 2.23. The Morgan fingerprint density at radius 3 is 2.33 bits per heavy atom. The van der Waals surface area contributed by atoms with Gasteiger partial charge in [-0.1, -0.05) is 20.8 Å². The summed E-state index contributed by atoms with van der Waals surface area (Å²) in [4.78, 5) is 11.6. The first-order chi connectivity index (χ1) is 8.04. The van der Waals surface area contributed by atoms with Gasteiger partial charge < -0.3 is 9.16 Å². The molecule has 106 valence electrons. The Hall–Kier alpha value is -0.493. The van der Waals surface area contributed by atoms with Crippen molar-refractivity contribution in [2.75, 3.05) is 13.7 Å². The minimum absolute atomic E-state index is 0.0535. The summed E-state index contributed by atoms with van der Waals surface area (Å²) in [5.74, 6) is -0.492. The zero-order valence-corrected chi connectivity index (χ0v) is 12.7. The fourth-order valence-electron chi connectivity index (χ4n) is 1.97. The molecule has 2 atom stereocenters. The van der Waals surface area contributed by atoms with Crippen LogP contribution in [0.5, 0.6) is 0 Å². The van der Waals surface area contributed by atoms with Crippen LogP contribution in [-0.4, -0.2) is 28.7 Å². The van der Waals surface area contributed by atoms with E-state index in [2.05, 4.69) is 0 Å². The normalized spacial score (nSPS) is 28.7. The summed E-state index contributed by atoms with van der Waals surface area (Å²) in [6.45, 7) is 6.16. The third kappa shape index (κ3) is 2.74. The highest BCUT2D eigenvalue weighted by Gasteiger charge is 2.55. The van der Waals surface area contributed by atoms with Crippen molar-refractivity contribution in [3.63, 3.8) is 0 Å². The number of hydrogen-bond donors (Lipinski definition) is 0. The number of methoxy groups -OCH3 is 1. The number of ether oxygens (including phenoxy) is 1. The van der Waals surface area contributed by atoms with E-state index in [1.807, 2.05) is 0 Å². The number of carbonyl (C=O) groups excluding carboxylic acids is 1. The molecule has 3 nitrogen and oxygen atoms in total. The first kappa shape index (κ1) is 15.6. The number of esters is 1. The second-order valence-electron chi connectivity index (χ2n) is 6.22. The van der Waals surface area contributed by atoms with Crippen molar-refractivity contribution in [3.05, 3.63) is 0 Å². The van der Waals surface area contributed by atoms with E-state index in [0.29, 0.717) is 6.42 Å². The zero-order chi connectivity index (χ0) is 14.2. The molecule has 0 unspecified atom stereocenters. The molecular formula is C12H22F2O3Si. The van der Waals surface area contributed by atoms with Crippen LogP contribution in [0.1, 0.15) is 40.5 Å². The van der Waals surface area contributed by atoms with Crippen molar-refractivity contribution in [2.45, 2.75) is 45.6 Å². The molecule has 1 saturated carbocycles. The van der Waals surface area contributed by atoms with Gasteiger partial charge in [-0.05, 0) is 25.7 Å². The molecule has 0 spiro atoms. The van der Waals surface area contributed by atoms with Gasteiger partial charge in [-0.2, -0.15) is 0 Å². The van der Waals surface area contributed by atoms with Gasteiger partial charge in [-0.25, -0.2) is 8.22 Å². The maximum atomic E-state index is 13.8. The molecule has 0 aliphatic heterocycles. The van der Waals surface area contributed by atoms with Crippen LogP contribution in [-0.2, 0) is 14.0 Å². The highest BCUT2D eigenvalue weighted by atomic mass is 28.4. The van der Waals surface area contributed by atoms with E-state index in [0.717, 1.165) is 6.42 Å². The van der Waals surface area contributed by atoms with Gasteiger partial charge in [0.2, 0.25) is 0 Å². The molecule has 0 saturated heterocycles. The predicted molar refractivity (Wildman–Crippen MR) is 66.5 cm³/mol. The average molecular weight is 280 g/mol. The van der Waals surface area contributed by atoms with Gasteiger partial charge in [-0.15, -0.1) is 0 Å². The van der Waals surface area contributed by atoms with Gasteiger partial charge in [0.15, 0.2) is 0 Å². The van der Waals surface area contributed by atoms with Gasteiger partial charge in [0.1, 0.15) is 0 Å². The van der Waals surface area contributed by atoms with E-state index < -0.39 is 19.4 Å². The lowest BCUT2D eigenvalue weighted by molar-refractivity contribution is -0.165. The van der Waals surface area contributed by atoms with E-state index in [1.165, 1.54) is 27.9 Å². The molecule has 0 aromatic carbocycles. The molecule has 6 heteroatoms. The molecule has 0 amide bonds. The Morgan fingerprint density at radius 2 is 2.00 bits per heavy atom. The SMILES string of the molecule is COC(=O)[C@]1(C)CC[C@H]1CO[Si](F)(F)C(C)(C)C. The third-order valence-electron chi connectivity index (χ3n) is 3.90. The van der Waals surface area contributed by atoms with Gasteiger partial charge >= 0.3 is 15.0 Å². The fraction of sp³-hybridized carbons (Fsp3) is 0.917. The predicted octanol–water partition coefficient (Wildman–Crippen LogP) is 3.27. The Balaban J connectivity index is 2.58. The molecule has 1 rings (SSSR count). The van der Waals surface area contributed by atoms with Crippen molar-refractivity contribution in [2.24, 2.45) is 11.3 Å². The molecule has 0 heterocycles. The lowest BCUT2D eigenvalue weighted by atomic mass is 9.61. The molecule has 0 aromatic rings. The summed E-state index contributed by atoms with van der Waals surface area (Å²) < 4.78 is 37.2. The van der Waals surface area contributed by atoms with Crippen LogP contribution in [0.2, 0.25) is 5.04 Å². The van der Waals surface area contributed by atoms with E-state index in [-0.39, 0.29) is 18.5 Å². The van der Waals surface area contributed by atoms with Crippen LogP contribution in [0.4, 0.5) is 8.22 Å². The van der Waals surface area contributed by atoms with Gasteiger partial charge in [-0.3, -0.25) is 4.79 Å². The molecule has 0 aromatic heterocycles. The molecule has 0 N–H and O–H groups in total. The van der Waals surface area contributed by atoms with Gasteiger partial charge in [0.05, 0.1) is 12.5 Å². The molecule has 1 aliphatic rings. The number of halogens is 2. The van der Waals surface area contributed by atoms with Crippen LogP contribution < -0.4 is 0 Å². The highest BCUT2D eigenvalue weighted by molar-refractivity contribution is 6.62. The maximum absolute atomic E-state index is 13.8. The van der Waals surface area contributed by atoms with Gasteiger partial charge in [0.25, 0.3) is 0 Å². The molecule has 18 heavy (non-hydrogen) atoms. The standard InChI is InChI=1S/C12H22F2O3Si/c1-11(2,3)18(13,14)17-8-9-6-7-12(9,4)10(15)16-5/h9H,6-8H2,1-5H3/t9-,12+/m0/s1. The summed E-state index contributed by atoms with van der Waals surface area (Å²) in [6.07, 6.45) is 1.41. The van der Waals surface area contributed by atoms with Crippen LogP contribution in [0.25, 0.3) is 0 Å². The summed E-state index contributed by atoms with van der Waals surface area (Å²) in [7, 11) is -3.39. The van der Waals surface area contributed by atoms with E-state index in [1.54, 1.807) is 6.92 Å².